The summed E-state index contributed by atoms with van der Waals surface area (Å²) in [6.07, 6.45) is 3.81. The minimum absolute atomic E-state index is 0.105. The molecule has 188 valence electrons. The molecule has 0 bridgehead atoms. The molecule has 0 aliphatic carbocycles. The average molecular weight is 489 g/mol. The zero-order valence-electron chi connectivity index (χ0n) is 19.3. The molecule has 13 heteroatoms. The minimum atomic E-state index is -2.19. The van der Waals surface area contributed by atoms with Gasteiger partial charge < -0.3 is 30.3 Å². The lowest BCUT2D eigenvalue weighted by atomic mass is 10.0. The summed E-state index contributed by atoms with van der Waals surface area (Å²) in [6, 6.07) is 2.48. The number of aromatic nitrogens is 1. The number of hydrogen-bond acceptors (Lipinski definition) is 9. The number of amides is 3. The third kappa shape index (κ3) is 5.48. The molecule has 2 atom stereocenters. The van der Waals surface area contributed by atoms with Crippen molar-refractivity contribution in [2.45, 2.75) is 18.2 Å². The topological polar surface area (TPSA) is 167 Å². The van der Waals surface area contributed by atoms with Gasteiger partial charge in [-0.1, -0.05) is 0 Å². The van der Waals surface area contributed by atoms with Crippen LogP contribution in [0.3, 0.4) is 0 Å². The summed E-state index contributed by atoms with van der Waals surface area (Å²) in [5.41, 5.74) is 4.88. The minimum Gasteiger partial charge on any atom is -0.480 e. The van der Waals surface area contributed by atoms with Crippen molar-refractivity contribution < 1.29 is 33.8 Å². The maximum absolute atomic E-state index is 13.2. The van der Waals surface area contributed by atoms with Gasteiger partial charge in [-0.2, -0.15) is 0 Å². The number of piperazine rings is 2. The fraction of sp³-hybridized carbons (Fsp3) is 0.500. The van der Waals surface area contributed by atoms with Crippen LogP contribution in [0.5, 0.6) is 0 Å². The van der Waals surface area contributed by atoms with Crippen LogP contribution < -0.4 is 10.6 Å². The van der Waals surface area contributed by atoms with Gasteiger partial charge in [-0.15, -0.1) is 0 Å². The fourth-order valence-electron chi connectivity index (χ4n) is 4.27. The fourth-order valence-corrected chi connectivity index (χ4v) is 4.27. The number of carboxylic acids is 1. The number of nitrogens with zero attached hydrogens (tertiary/aromatic N) is 5. The third-order valence-electron chi connectivity index (χ3n) is 6.12. The lowest BCUT2D eigenvalue weighted by Gasteiger charge is -2.46. The summed E-state index contributed by atoms with van der Waals surface area (Å²) >= 11 is 0. The normalized spacial score (nSPS) is 21.4. The van der Waals surface area contributed by atoms with E-state index >= 15 is 0 Å². The van der Waals surface area contributed by atoms with Crippen LogP contribution >= 0.6 is 0 Å². The first-order valence-corrected chi connectivity index (χ1v) is 11.0. The predicted molar refractivity (Wildman–Crippen MR) is 122 cm³/mol. The van der Waals surface area contributed by atoms with Crippen LogP contribution in [0.15, 0.2) is 30.6 Å². The zero-order valence-corrected chi connectivity index (χ0v) is 19.3. The molecule has 3 rings (SSSR count). The summed E-state index contributed by atoms with van der Waals surface area (Å²) in [5, 5.41) is 9.05. The molecule has 1 aromatic rings. The number of pyridine rings is 1. The highest BCUT2D eigenvalue weighted by atomic mass is 16.5. The Morgan fingerprint density at radius 1 is 1.20 bits per heavy atom. The van der Waals surface area contributed by atoms with Crippen molar-refractivity contribution in [3.05, 3.63) is 30.6 Å². The van der Waals surface area contributed by atoms with E-state index in [1.54, 1.807) is 17.3 Å². The first-order valence-electron chi connectivity index (χ1n) is 11.0. The monoisotopic (exact) mass is 488 g/mol. The van der Waals surface area contributed by atoms with E-state index in [0.717, 1.165) is 22.6 Å². The Kier molecular flexibility index (Phi) is 8.18. The molecule has 3 N–H and O–H groups in total. The Labute approximate surface area is 201 Å². The number of nitrogens with two attached hydrogens (primary N) is 1. The molecule has 3 amide bonds. The van der Waals surface area contributed by atoms with Crippen molar-refractivity contribution in [1.29, 1.82) is 0 Å². The average Bonchev–Trinajstić information content (AvgIpc) is 2.86. The Bertz CT molecular complexity index is 1010. The first kappa shape index (κ1) is 25.8. The molecule has 13 nitrogen and oxygen atoms in total. The highest BCUT2D eigenvalue weighted by Gasteiger charge is 2.52. The van der Waals surface area contributed by atoms with Crippen LogP contribution in [0.4, 0.5) is 5.69 Å². The Balaban J connectivity index is 1.65. The Hall–Kier alpha value is -3.80. The summed E-state index contributed by atoms with van der Waals surface area (Å²) < 4.78 is 5.24. The molecular weight excluding hydrogens is 460 g/mol. The van der Waals surface area contributed by atoms with Crippen molar-refractivity contribution >= 4 is 35.3 Å². The smallest absolute Gasteiger partial charge is 0.323 e. The predicted octanol–water partition coefficient (Wildman–Crippen LogP) is -2.07. The largest absolute Gasteiger partial charge is 0.480 e. The Morgan fingerprint density at radius 2 is 1.86 bits per heavy atom. The van der Waals surface area contributed by atoms with Gasteiger partial charge in [0.2, 0.25) is 11.8 Å². The van der Waals surface area contributed by atoms with Gasteiger partial charge in [-0.25, -0.2) is 4.79 Å². The molecule has 0 saturated carbocycles. The molecule has 0 spiro atoms. The van der Waals surface area contributed by atoms with Crippen molar-refractivity contribution in [1.82, 2.24) is 19.7 Å². The lowest BCUT2D eigenvalue weighted by Crippen LogP contribution is -2.69. The van der Waals surface area contributed by atoms with Crippen LogP contribution in [0.2, 0.25) is 0 Å². The van der Waals surface area contributed by atoms with E-state index in [2.05, 4.69) is 9.88 Å². The van der Waals surface area contributed by atoms with Gasteiger partial charge in [0.05, 0.1) is 18.5 Å². The molecule has 3 heterocycles. The summed E-state index contributed by atoms with van der Waals surface area (Å²) in [6.45, 7) is 1.23. The van der Waals surface area contributed by atoms with Gasteiger partial charge in [0.1, 0.15) is 12.5 Å². The van der Waals surface area contributed by atoms with Crippen LogP contribution in [0.1, 0.15) is 6.42 Å². The van der Waals surface area contributed by atoms with E-state index < -0.39 is 36.1 Å². The molecule has 2 saturated heterocycles. The van der Waals surface area contributed by atoms with Crippen molar-refractivity contribution in [3.63, 3.8) is 0 Å². The Morgan fingerprint density at radius 3 is 2.43 bits per heavy atom. The number of methoxy groups -OCH3 is 1. The quantitative estimate of drug-likeness (QED) is 0.388. The number of carboxylic acid groups (broad SMARTS) is 1. The number of hydrogen-bond donors (Lipinski definition) is 2. The van der Waals surface area contributed by atoms with E-state index in [4.69, 9.17) is 15.6 Å². The molecule has 0 aromatic carbocycles. The van der Waals surface area contributed by atoms with E-state index in [9.17, 15) is 24.0 Å². The number of carbonyl (C=O) groups is 4. The second-order valence-corrected chi connectivity index (χ2v) is 8.16. The molecule has 2 aliphatic heterocycles. The van der Waals surface area contributed by atoms with Crippen molar-refractivity contribution in [2.24, 2.45) is 5.73 Å². The van der Waals surface area contributed by atoms with E-state index in [-0.39, 0.29) is 25.4 Å². The molecule has 35 heavy (non-hydrogen) atoms. The van der Waals surface area contributed by atoms with Gasteiger partial charge in [-0.3, -0.25) is 29.1 Å². The first-order chi connectivity index (χ1) is 16.7. The van der Waals surface area contributed by atoms with Crippen molar-refractivity contribution in [2.75, 3.05) is 57.8 Å². The summed E-state index contributed by atoms with van der Waals surface area (Å²) in [5.74, 6) is -1.80. The number of ether oxygens (including phenoxy) is 1. The third-order valence-corrected chi connectivity index (χ3v) is 6.12. The molecule has 0 unspecified atom stereocenters. The molecule has 0 radical (unpaired) electrons. The maximum Gasteiger partial charge on any atom is 0.323 e. The molecule has 2 aliphatic rings. The molecule has 2 fully saturated rings. The van der Waals surface area contributed by atoms with Crippen LogP contribution in [0, 0.1) is 0 Å². The maximum atomic E-state index is 13.2. The van der Waals surface area contributed by atoms with Gasteiger partial charge >= 0.3 is 5.97 Å². The van der Waals surface area contributed by atoms with Gasteiger partial charge in [0.25, 0.3) is 11.6 Å². The number of carbonyl (C=O) groups excluding carboxylic acids is 4. The molecule has 1 aromatic heterocycles. The van der Waals surface area contributed by atoms with Crippen LogP contribution in [-0.2, 0) is 28.7 Å². The SMILES string of the molecule is CO[C@]1(C=C=O)C(=O)N(CC(=O)O)CCN1C(=O)[C@@H](N)CC(=O)N1CCN(c2ccncc2)CC1. The van der Waals surface area contributed by atoms with Gasteiger partial charge in [0.15, 0.2) is 0 Å². The summed E-state index contributed by atoms with van der Waals surface area (Å²) in [4.78, 5) is 70.9. The van der Waals surface area contributed by atoms with E-state index in [0.29, 0.717) is 32.3 Å². The number of aliphatic carboxylic acids is 1. The highest BCUT2D eigenvalue weighted by molar-refractivity contribution is 5.98. The van der Waals surface area contributed by atoms with Crippen molar-refractivity contribution in [3.8, 4) is 0 Å². The highest BCUT2D eigenvalue weighted by Crippen LogP contribution is 2.26. The second kappa shape index (κ2) is 11.1. The number of anilines is 1. The zero-order chi connectivity index (χ0) is 25.6. The number of rotatable bonds is 8. The standard InChI is InChI=1S/C22H28N6O7/c1-35-22(4-13-29)21(34)27(15-19(31)32)11-12-28(22)20(33)17(23)14-18(30)26-9-7-25(8-10-26)16-2-5-24-6-3-16/h2-6,17H,7-12,14-15,23H2,1H3,(H,31,32)/t17-,22+/m0/s1. The van der Waals surface area contributed by atoms with Gasteiger partial charge in [-0.05, 0) is 12.1 Å². The van der Waals surface area contributed by atoms with Crippen LogP contribution in [-0.4, -0.2) is 119 Å². The van der Waals surface area contributed by atoms with Crippen LogP contribution in [0.25, 0.3) is 0 Å². The lowest BCUT2D eigenvalue weighted by molar-refractivity contribution is -0.189. The van der Waals surface area contributed by atoms with E-state index in [1.807, 2.05) is 12.1 Å². The summed E-state index contributed by atoms with van der Waals surface area (Å²) in [7, 11) is 1.11. The van der Waals surface area contributed by atoms with Gasteiger partial charge in [0, 0.05) is 64.5 Å². The van der Waals surface area contributed by atoms with E-state index in [1.165, 1.54) is 5.94 Å². The second-order valence-electron chi connectivity index (χ2n) is 8.16. The molecular formula is C22H28N6O7.